The van der Waals surface area contributed by atoms with Crippen LogP contribution in [0.1, 0.15) is 5.56 Å². The zero-order valence-corrected chi connectivity index (χ0v) is 11.5. The molecule has 1 aliphatic heterocycles. The second-order valence-electron chi connectivity index (χ2n) is 3.84. The van der Waals surface area contributed by atoms with Crippen molar-refractivity contribution in [3.05, 3.63) is 22.3 Å². The highest BCUT2D eigenvalue weighted by atomic mass is 79.9. The molecule has 1 aromatic heterocycles. The van der Waals surface area contributed by atoms with Gasteiger partial charge in [0.2, 0.25) is 0 Å². The van der Waals surface area contributed by atoms with Crippen LogP contribution in [0.3, 0.4) is 0 Å². The molecule has 2 rings (SSSR count). The molecule has 0 saturated carbocycles. The smallest absolute Gasteiger partial charge is 0.143 e. The molecule has 0 bridgehead atoms. The molecular formula is C11H14BrClN2O. The lowest BCUT2D eigenvalue weighted by atomic mass is 10.2. The van der Waals surface area contributed by atoms with Gasteiger partial charge in [0, 0.05) is 18.6 Å². The van der Waals surface area contributed by atoms with Crippen molar-refractivity contribution in [2.24, 2.45) is 0 Å². The molecule has 0 aliphatic carbocycles. The highest BCUT2D eigenvalue weighted by Gasteiger charge is 2.25. The summed E-state index contributed by atoms with van der Waals surface area (Å²) in [4.78, 5) is 6.64. The first kappa shape index (κ1) is 12.1. The van der Waals surface area contributed by atoms with Crippen LogP contribution in [0.4, 0.5) is 5.82 Å². The Bertz CT molecular complexity index is 375. The summed E-state index contributed by atoms with van der Waals surface area (Å²) in [5, 5.41) is 0. The van der Waals surface area contributed by atoms with Gasteiger partial charge in [-0.2, -0.15) is 0 Å². The third kappa shape index (κ3) is 2.34. The first-order valence-corrected chi connectivity index (χ1v) is 6.58. The Balaban J connectivity index is 2.30. The number of morpholine rings is 1. The van der Waals surface area contributed by atoms with Crippen molar-refractivity contribution >= 4 is 33.3 Å². The number of hydrogen-bond donors (Lipinski definition) is 0. The van der Waals surface area contributed by atoms with Gasteiger partial charge in [-0.15, -0.1) is 11.6 Å². The van der Waals surface area contributed by atoms with Crippen LogP contribution in [0.2, 0.25) is 0 Å². The highest BCUT2D eigenvalue weighted by Crippen LogP contribution is 2.29. The summed E-state index contributed by atoms with van der Waals surface area (Å²) in [6, 6.07) is 2.20. The number of nitrogens with zero attached hydrogens (tertiary/aromatic N) is 2. The van der Waals surface area contributed by atoms with Crippen molar-refractivity contribution < 1.29 is 4.74 Å². The Kier molecular flexibility index (Phi) is 4.05. The van der Waals surface area contributed by atoms with E-state index >= 15 is 0 Å². The third-order valence-electron chi connectivity index (χ3n) is 2.74. The van der Waals surface area contributed by atoms with E-state index in [1.807, 2.05) is 12.3 Å². The normalized spacial score (nSPS) is 21.2. The first-order chi connectivity index (χ1) is 7.74. The lowest BCUT2D eigenvalue weighted by Gasteiger charge is -2.36. The number of alkyl halides is 1. The summed E-state index contributed by atoms with van der Waals surface area (Å²) in [7, 11) is 0. The maximum Gasteiger partial charge on any atom is 0.143 e. The van der Waals surface area contributed by atoms with E-state index in [4.69, 9.17) is 16.3 Å². The van der Waals surface area contributed by atoms with Gasteiger partial charge in [0.25, 0.3) is 0 Å². The summed E-state index contributed by atoms with van der Waals surface area (Å²) >= 11 is 9.54. The molecule has 0 amide bonds. The topological polar surface area (TPSA) is 25.4 Å². The van der Waals surface area contributed by atoms with Crippen molar-refractivity contribution in [2.75, 3.05) is 30.5 Å². The molecule has 16 heavy (non-hydrogen) atoms. The Labute approximate surface area is 109 Å². The summed E-state index contributed by atoms with van der Waals surface area (Å²) in [5.74, 6) is 1.52. The molecule has 88 valence electrons. The van der Waals surface area contributed by atoms with Crippen LogP contribution < -0.4 is 4.90 Å². The summed E-state index contributed by atoms with van der Waals surface area (Å²) < 4.78 is 6.47. The van der Waals surface area contributed by atoms with E-state index in [2.05, 4.69) is 32.7 Å². The highest BCUT2D eigenvalue weighted by molar-refractivity contribution is 9.10. The maximum atomic E-state index is 5.95. The number of aromatic nitrogens is 1. The van der Waals surface area contributed by atoms with Gasteiger partial charge in [-0.1, -0.05) is 0 Å². The standard InChI is InChI=1S/C11H14BrClN2O/c1-8-2-3-14-11(10(8)12)15-4-5-16-7-9(15)6-13/h2-3,9H,4-7H2,1H3. The van der Waals surface area contributed by atoms with Crippen molar-refractivity contribution in [1.29, 1.82) is 0 Å². The molecule has 1 atom stereocenters. The molecule has 2 heterocycles. The molecule has 5 heteroatoms. The van der Waals surface area contributed by atoms with E-state index in [0.29, 0.717) is 12.5 Å². The van der Waals surface area contributed by atoms with E-state index < -0.39 is 0 Å². The van der Waals surface area contributed by atoms with Gasteiger partial charge in [0.15, 0.2) is 0 Å². The van der Waals surface area contributed by atoms with Gasteiger partial charge in [-0.3, -0.25) is 0 Å². The minimum absolute atomic E-state index is 0.209. The Morgan fingerprint density at radius 1 is 1.69 bits per heavy atom. The van der Waals surface area contributed by atoms with Gasteiger partial charge in [0.05, 0.1) is 23.7 Å². The quantitative estimate of drug-likeness (QED) is 0.785. The maximum absolute atomic E-state index is 5.95. The van der Waals surface area contributed by atoms with Crippen molar-refractivity contribution in [3.63, 3.8) is 0 Å². The fourth-order valence-electron chi connectivity index (χ4n) is 1.79. The van der Waals surface area contributed by atoms with Crippen LogP contribution in [0.5, 0.6) is 0 Å². The molecule has 0 radical (unpaired) electrons. The molecule has 3 nitrogen and oxygen atoms in total. The molecule has 1 fully saturated rings. The second kappa shape index (κ2) is 5.34. The summed E-state index contributed by atoms with van der Waals surface area (Å²) in [5.41, 5.74) is 1.19. The predicted molar refractivity (Wildman–Crippen MR) is 69.3 cm³/mol. The van der Waals surface area contributed by atoms with Gasteiger partial charge in [-0.05, 0) is 34.5 Å². The van der Waals surface area contributed by atoms with Gasteiger partial charge >= 0.3 is 0 Å². The summed E-state index contributed by atoms with van der Waals surface area (Å²) in [6.45, 7) is 4.30. The van der Waals surface area contributed by atoms with Crippen LogP contribution in [-0.2, 0) is 4.74 Å². The Morgan fingerprint density at radius 2 is 2.50 bits per heavy atom. The molecule has 0 N–H and O–H groups in total. The number of rotatable bonds is 2. The third-order valence-corrected chi connectivity index (χ3v) is 4.08. The van der Waals surface area contributed by atoms with E-state index in [1.165, 1.54) is 5.56 Å². The SMILES string of the molecule is Cc1ccnc(N2CCOCC2CCl)c1Br. The monoisotopic (exact) mass is 304 g/mol. The fourth-order valence-corrected chi connectivity index (χ4v) is 2.51. The van der Waals surface area contributed by atoms with Crippen LogP contribution in [0.15, 0.2) is 16.7 Å². The van der Waals surface area contributed by atoms with Gasteiger partial charge < -0.3 is 9.64 Å². The zero-order valence-electron chi connectivity index (χ0n) is 9.12. The lowest BCUT2D eigenvalue weighted by molar-refractivity contribution is 0.0993. The molecule has 1 aliphatic rings. The van der Waals surface area contributed by atoms with Crippen molar-refractivity contribution in [2.45, 2.75) is 13.0 Å². The van der Waals surface area contributed by atoms with Gasteiger partial charge in [0.1, 0.15) is 5.82 Å². The fraction of sp³-hybridized carbons (Fsp3) is 0.545. The largest absolute Gasteiger partial charge is 0.377 e. The average molecular weight is 306 g/mol. The van der Waals surface area contributed by atoms with Gasteiger partial charge in [-0.25, -0.2) is 4.98 Å². The number of halogens is 2. The number of pyridine rings is 1. The molecular weight excluding hydrogens is 291 g/mol. The molecule has 1 saturated heterocycles. The number of ether oxygens (including phenoxy) is 1. The predicted octanol–water partition coefficient (Wildman–Crippen LogP) is 2.60. The van der Waals surface area contributed by atoms with E-state index in [0.717, 1.165) is 23.4 Å². The van der Waals surface area contributed by atoms with E-state index in [-0.39, 0.29) is 6.04 Å². The number of aryl methyl sites for hydroxylation is 1. The summed E-state index contributed by atoms with van der Waals surface area (Å²) in [6.07, 6.45) is 1.83. The van der Waals surface area contributed by atoms with Crippen LogP contribution in [0.25, 0.3) is 0 Å². The minimum Gasteiger partial charge on any atom is -0.377 e. The molecule has 0 aromatic carbocycles. The van der Waals surface area contributed by atoms with E-state index in [1.54, 1.807) is 0 Å². The van der Waals surface area contributed by atoms with E-state index in [9.17, 15) is 0 Å². The lowest BCUT2D eigenvalue weighted by Crippen LogP contribution is -2.47. The number of hydrogen-bond acceptors (Lipinski definition) is 3. The van der Waals surface area contributed by atoms with Crippen LogP contribution in [0, 0.1) is 6.92 Å². The minimum atomic E-state index is 0.209. The molecule has 1 unspecified atom stereocenters. The van der Waals surface area contributed by atoms with Crippen LogP contribution >= 0.6 is 27.5 Å². The zero-order chi connectivity index (χ0) is 11.5. The second-order valence-corrected chi connectivity index (χ2v) is 4.94. The Morgan fingerprint density at radius 3 is 3.25 bits per heavy atom. The van der Waals surface area contributed by atoms with Crippen LogP contribution in [-0.4, -0.2) is 36.7 Å². The Hall–Kier alpha value is -0.320. The molecule has 0 spiro atoms. The first-order valence-electron chi connectivity index (χ1n) is 5.25. The number of anilines is 1. The van der Waals surface area contributed by atoms with Crippen molar-refractivity contribution in [1.82, 2.24) is 4.98 Å². The van der Waals surface area contributed by atoms with Crippen molar-refractivity contribution in [3.8, 4) is 0 Å². The average Bonchev–Trinajstić information content (AvgIpc) is 2.33. The molecule has 1 aromatic rings.